The van der Waals surface area contributed by atoms with Crippen molar-refractivity contribution in [2.24, 2.45) is 0 Å². The van der Waals surface area contributed by atoms with Crippen molar-refractivity contribution in [3.8, 4) is 11.8 Å². The van der Waals surface area contributed by atoms with Crippen LogP contribution in [0, 0.1) is 25.2 Å². The second-order valence-electron chi connectivity index (χ2n) is 8.33. The first kappa shape index (κ1) is 23.3. The van der Waals surface area contributed by atoms with Gasteiger partial charge in [-0.25, -0.2) is 4.57 Å². The molecule has 8 nitrogen and oxygen atoms in total. The van der Waals surface area contributed by atoms with Gasteiger partial charge in [-0.2, -0.15) is 5.26 Å². The molecule has 0 fully saturated rings. The minimum absolute atomic E-state index is 0.0500. The summed E-state index contributed by atoms with van der Waals surface area (Å²) in [5.74, 6) is 0.197. The topological polar surface area (TPSA) is 96.3 Å². The minimum Gasteiger partial charge on any atom is -0.298 e. The van der Waals surface area contributed by atoms with Crippen LogP contribution in [-0.2, 0) is 4.79 Å². The Balaban J connectivity index is 1.59. The largest absolute Gasteiger partial charge is 0.298 e. The van der Waals surface area contributed by atoms with Gasteiger partial charge in [0.1, 0.15) is 6.54 Å². The Hall–Kier alpha value is -4.42. The second kappa shape index (κ2) is 9.68. The lowest BCUT2D eigenvalue weighted by atomic mass is 10.1. The number of benzene rings is 3. The van der Waals surface area contributed by atoms with Gasteiger partial charge in [0.2, 0.25) is 11.7 Å². The zero-order valence-corrected chi connectivity index (χ0v) is 20.6. The number of anilines is 1. The fourth-order valence-corrected chi connectivity index (χ4v) is 5.07. The van der Waals surface area contributed by atoms with Gasteiger partial charge >= 0.3 is 0 Å². The van der Waals surface area contributed by atoms with Crippen molar-refractivity contribution in [3.05, 3.63) is 94.3 Å². The Morgan fingerprint density at radius 2 is 1.78 bits per heavy atom. The van der Waals surface area contributed by atoms with Crippen LogP contribution >= 0.6 is 11.8 Å². The number of aryl methyl sites for hydroxylation is 2. The maximum Gasteiger partial charge on any atom is 0.267 e. The number of rotatable bonds is 6. The molecular formula is C27H22N6O2S. The summed E-state index contributed by atoms with van der Waals surface area (Å²) in [6.07, 6.45) is 0. The first-order valence-corrected chi connectivity index (χ1v) is 12.3. The number of nitriles is 1. The molecular weight excluding hydrogens is 472 g/mol. The Morgan fingerprint density at radius 3 is 2.53 bits per heavy atom. The van der Waals surface area contributed by atoms with Crippen molar-refractivity contribution in [2.75, 3.05) is 17.2 Å². The van der Waals surface area contributed by atoms with Gasteiger partial charge in [-0.15, -0.1) is 10.2 Å². The second-order valence-corrected chi connectivity index (χ2v) is 9.27. The summed E-state index contributed by atoms with van der Waals surface area (Å²) in [6.45, 7) is 3.90. The van der Waals surface area contributed by atoms with Crippen LogP contribution in [0.1, 0.15) is 11.1 Å². The lowest BCUT2D eigenvalue weighted by Crippen LogP contribution is -2.32. The van der Waals surface area contributed by atoms with E-state index < -0.39 is 0 Å². The van der Waals surface area contributed by atoms with Crippen LogP contribution in [-0.4, -0.2) is 37.4 Å². The van der Waals surface area contributed by atoms with Crippen molar-refractivity contribution in [1.82, 2.24) is 19.2 Å². The Bertz CT molecular complexity index is 1700. The summed E-state index contributed by atoms with van der Waals surface area (Å²) >= 11 is 1.22. The van der Waals surface area contributed by atoms with Crippen LogP contribution in [0.4, 0.5) is 5.69 Å². The predicted molar refractivity (Wildman–Crippen MR) is 141 cm³/mol. The normalized spacial score (nSPS) is 11.0. The number of nitrogens with zero attached hydrogens (tertiary/aromatic N) is 6. The molecule has 0 aliphatic heterocycles. The molecule has 0 unspecified atom stereocenters. The molecule has 0 atom stereocenters. The highest BCUT2D eigenvalue weighted by Crippen LogP contribution is 2.25. The quantitative estimate of drug-likeness (QED) is 0.258. The predicted octanol–water partition coefficient (Wildman–Crippen LogP) is 4.30. The van der Waals surface area contributed by atoms with E-state index >= 15 is 0 Å². The van der Waals surface area contributed by atoms with Crippen molar-refractivity contribution in [1.29, 1.82) is 5.26 Å². The molecule has 0 radical (unpaired) electrons. The Labute approximate surface area is 211 Å². The van der Waals surface area contributed by atoms with Crippen molar-refractivity contribution in [3.63, 3.8) is 0 Å². The van der Waals surface area contributed by atoms with E-state index in [0.29, 0.717) is 27.5 Å². The molecule has 0 saturated heterocycles. The summed E-state index contributed by atoms with van der Waals surface area (Å²) in [6, 6.07) is 24.3. The number of amides is 1. The van der Waals surface area contributed by atoms with Crippen LogP contribution in [0.3, 0.4) is 0 Å². The van der Waals surface area contributed by atoms with E-state index in [1.165, 1.54) is 16.7 Å². The van der Waals surface area contributed by atoms with E-state index in [2.05, 4.69) is 16.3 Å². The standard InChI is InChI=1S/C27H22N6O2S/c1-18-12-13-22(19(2)16-18)32-25(35)21-10-6-7-11-23(21)33-26(32)29-30-27(33)36-17-24(34)31(15-14-28)20-8-4-3-5-9-20/h3-13,16H,15,17H2,1-2H3. The van der Waals surface area contributed by atoms with E-state index in [-0.39, 0.29) is 23.8 Å². The minimum atomic E-state index is -0.225. The van der Waals surface area contributed by atoms with Crippen molar-refractivity contribution >= 4 is 40.0 Å². The maximum atomic E-state index is 13.6. The van der Waals surface area contributed by atoms with Crippen LogP contribution < -0.4 is 10.5 Å². The molecule has 3 aromatic carbocycles. The lowest BCUT2D eigenvalue weighted by molar-refractivity contribution is -0.116. The third-order valence-corrected chi connectivity index (χ3v) is 6.82. The number of fused-ring (bicyclic) bond motifs is 3. The molecule has 178 valence electrons. The third-order valence-electron chi connectivity index (χ3n) is 5.91. The van der Waals surface area contributed by atoms with E-state index in [1.807, 2.05) is 72.8 Å². The average molecular weight is 495 g/mol. The molecule has 2 aromatic heterocycles. The Morgan fingerprint density at radius 1 is 1.03 bits per heavy atom. The van der Waals surface area contributed by atoms with E-state index in [0.717, 1.165) is 16.8 Å². The van der Waals surface area contributed by atoms with Gasteiger partial charge in [-0.1, -0.05) is 59.8 Å². The van der Waals surface area contributed by atoms with Crippen LogP contribution in [0.5, 0.6) is 0 Å². The molecule has 1 amide bonds. The fourth-order valence-electron chi connectivity index (χ4n) is 4.25. The highest BCUT2D eigenvalue weighted by molar-refractivity contribution is 7.99. The molecule has 5 aromatic rings. The lowest BCUT2D eigenvalue weighted by Gasteiger charge is -2.19. The number of hydrogen-bond donors (Lipinski definition) is 0. The van der Waals surface area contributed by atoms with Gasteiger partial charge in [0.25, 0.3) is 5.56 Å². The van der Waals surface area contributed by atoms with Crippen LogP contribution in [0.2, 0.25) is 0 Å². The van der Waals surface area contributed by atoms with Crippen LogP contribution in [0.25, 0.3) is 22.4 Å². The molecule has 2 heterocycles. The average Bonchev–Trinajstić information content (AvgIpc) is 3.31. The van der Waals surface area contributed by atoms with Crippen molar-refractivity contribution in [2.45, 2.75) is 19.0 Å². The highest BCUT2D eigenvalue weighted by Gasteiger charge is 2.21. The molecule has 9 heteroatoms. The summed E-state index contributed by atoms with van der Waals surface area (Å²) in [4.78, 5) is 28.1. The highest BCUT2D eigenvalue weighted by atomic mass is 32.2. The maximum absolute atomic E-state index is 13.6. The van der Waals surface area contributed by atoms with Gasteiger partial charge in [0.15, 0.2) is 5.16 Å². The first-order chi connectivity index (χ1) is 17.5. The van der Waals surface area contributed by atoms with Gasteiger partial charge < -0.3 is 0 Å². The van der Waals surface area contributed by atoms with Crippen LogP contribution in [0.15, 0.2) is 82.7 Å². The molecule has 36 heavy (non-hydrogen) atoms. The smallest absolute Gasteiger partial charge is 0.267 e. The third kappa shape index (κ3) is 4.12. The van der Waals surface area contributed by atoms with E-state index in [9.17, 15) is 14.9 Å². The van der Waals surface area contributed by atoms with Gasteiger partial charge in [0.05, 0.1) is 28.4 Å². The Kier molecular flexibility index (Phi) is 6.27. The summed E-state index contributed by atoms with van der Waals surface area (Å²) in [7, 11) is 0. The number of para-hydroxylation sites is 2. The number of carbonyl (C=O) groups is 1. The van der Waals surface area contributed by atoms with Gasteiger partial charge in [0, 0.05) is 5.69 Å². The van der Waals surface area contributed by atoms with Crippen molar-refractivity contribution < 1.29 is 4.79 Å². The molecule has 0 aliphatic rings. The fraction of sp³-hybridized carbons (Fsp3) is 0.148. The molecule has 0 bridgehead atoms. The van der Waals surface area contributed by atoms with E-state index in [1.54, 1.807) is 22.8 Å². The van der Waals surface area contributed by atoms with Gasteiger partial charge in [-0.05, 0) is 49.7 Å². The number of aromatic nitrogens is 4. The molecule has 0 aliphatic carbocycles. The first-order valence-electron chi connectivity index (χ1n) is 11.3. The number of hydrogen-bond acceptors (Lipinski definition) is 6. The van der Waals surface area contributed by atoms with Gasteiger partial charge in [-0.3, -0.25) is 18.9 Å². The summed E-state index contributed by atoms with van der Waals surface area (Å²) in [5.41, 5.74) is 3.90. The SMILES string of the molecule is Cc1ccc(-n2c(=O)c3ccccc3n3c(SCC(=O)N(CC#N)c4ccccc4)nnc23)c(C)c1. The zero-order valence-electron chi connectivity index (χ0n) is 19.8. The molecule has 0 N–H and O–H groups in total. The molecule has 0 saturated carbocycles. The molecule has 5 rings (SSSR count). The number of thioether (sulfide) groups is 1. The number of carbonyl (C=O) groups excluding carboxylic acids is 1. The summed E-state index contributed by atoms with van der Waals surface area (Å²) < 4.78 is 3.38. The summed E-state index contributed by atoms with van der Waals surface area (Å²) in [5, 5.41) is 19.0. The zero-order chi connectivity index (χ0) is 25.2. The van der Waals surface area contributed by atoms with E-state index in [4.69, 9.17) is 0 Å². The molecule has 0 spiro atoms. The monoisotopic (exact) mass is 494 g/mol.